The summed E-state index contributed by atoms with van der Waals surface area (Å²) in [6.07, 6.45) is 2.66. The van der Waals surface area contributed by atoms with E-state index < -0.39 is 0 Å². The summed E-state index contributed by atoms with van der Waals surface area (Å²) in [5.41, 5.74) is 14.6. The van der Waals surface area contributed by atoms with Crippen LogP contribution >= 0.6 is 11.6 Å². The normalized spacial score (nSPS) is 11.3. The van der Waals surface area contributed by atoms with Gasteiger partial charge in [0.05, 0.1) is 23.9 Å². The zero-order valence-electron chi connectivity index (χ0n) is 15.7. The summed E-state index contributed by atoms with van der Waals surface area (Å²) in [5, 5.41) is 19.9. The molecule has 0 aliphatic carbocycles. The maximum atomic E-state index is 9.18. The van der Waals surface area contributed by atoms with Crippen LogP contribution in [-0.4, -0.2) is 39.8 Å². The number of hydrogen-bond acceptors (Lipinski definition) is 7. The number of rotatable bonds is 9. The van der Waals surface area contributed by atoms with Crippen molar-refractivity contribution in [2.75, 3.05) is 31.2 Å². The minimum Gasteiger partial charge on any atom is -0.394 e. The zero-order chi connectivity index (χ0) is 19.8. The number of aliphatic hydroxyl groups excluding tert-OH is 1. The molecular formula is C18H26ClN7O. The Kier molecular flexibility index (Phi) is 7.75. The maximum Gasteiger partial charge on any atom is 0.222 e. The Bertz CT molecular complexity index is 798. The van der Waals surface area contributed by atoms with Crippen LogP contribution in [0.15, 0.2) is 28.5 Å². The number of unbranched alkanes of at least 4 members (excludes halogenated alkanes) is 1. The highest BCUT2D eigenvalue weighted by molar-refractivity contribution is 6.33. The highest BCUT2D eigenvalue weighted by Gasteiger charge is 2.14. The van der Waals surface area contributed by atoms with Crippen molar-refractivity contribution in [1.82, 2.24) is 15.0 Å². The average Bonchev–Trinajstić information content (AvgIpc) is 2.64. The summed E-state index contributed by atoms with van der Waals surface area (Å²) in [7, 11) is 0. The molecule has 146 valence electrons. The van der Waals surface area contributed by atoms with Crippen molar-refractivity contribution < 1.29 is 5.11 Å². The number of nitrogen functional groups attached to an aromatic ring is 2. The van der Waals surface area contributed by atoms with E-state index in [0.717, 1.165) is 36.2 Å². The van der Waals surface area contributed by atoms with Gasteiger partial charge in [0.1, 0.15) is 11.5 Å². The second kappa shape index (κ2) is 10.0. The topological polar surface area (TPSA) is 126 Å². The molecule has 0 spiro atoms. The van der Waals surface area contributed by atoms with E-state index in [2.05, 4.69) is 27.2 Å². The molecule has 0 aliphatic rings. The lowest BCUT2D eigenvalue weighted by molar-refractivity contribution is 0.190. The first-order chi connectivity index (χ1) is 13.0. The summed E-state index contributed by atoms with van der Waals surface area (Å²) in [5.74, 6) is 0.465. The molecule has 0 atom stereocenters. The fourth-order valence-electron chi connectivity index (χ4n) is 2.63. The summed E-state index contributed by atoms with van der Waals surface area (Å²) in [4.78, 5) is 8.34. The molecule has 2 rings (SSSR count). The van der Waals surface area contributed by atoms with E-state index in [1.165, 1.54) is 0 Å². The van der Waals surface area contributed by atoms with E-state index >= 15 is 0 Å². The van der Waals surface area contributed by atoms with Gasteiger partial charge in [-0.05, 0) is 30.5 Å². The van der Waals surface area contributed by atoms with Crippen LogP contribution in [0.5, 0.6) is 0 Å². The van der Waals surface area contributed by atoms with Crippen LogP contribution in [0.2, 0.25) is 5.02 Å². The Labute approximate surface area is 164 Å². The van der Waals surface area contributed by atoms with Gasteiger partial charge in [0.15, 0.2) is 0 Å². The van der Waals surface area contributed by atoms with Gasteiger partial charge in [-0.3, -0.25) is 5.01 Å². The van der Waals surface area contributed by atoms with E-state index in [1.54, 1.807) is 17.1 Å². The summed E-state index contributed by atoms with van der Waals surface area (Å²) >= 11 is 6.28. The first kappa shape index (κ1) is 20.9. The Balaban J connectivity index is 2.38. The van der Waals surface area contributed by atoms with Crippen molar-refractivity contribution in [3.63, 3.8) is 0 Å². The molecule has 1 aromatic carbocycles. The van der Waals surface area contributed by atoms with Crippen LogP contribution in [0.3, 0.4) is 0 Å². The predicted molar refractivity (Wildman–Crippen MR) is 109 cm³/mol. The number of halogens is 1. The third-order valence-corrected chi connectivity index (χ3v) is 4.33. The van der Waals surface area contributed by atoms with Crippen molar-refractivity contribution in [3.8, 4) is 11.1 Å². The number of aryl methyl sites for hydroxylation is 1. The molecule has 0 unspecified atom stereocenters. The van der Waals surface area contributed by atoms with Gasteiger partial charge in [-0.2, -0.15) is 4.98 Å². The average molecular weight is 392 g/mol. The van der Waals surface area contributed by atoms with E-state index in [0.29, 0.717) is 29.5 Å². The van der Waals surface area contributed by atoms with Gasteiger partial charge in [-0.25, -0.2) is 4.98 Å². The van der Waals surface area contributed by atoms with E-state index in [4.69, 9.17) is 23.1 Å². The predicted octanol–water partition coefficient (Wildman–Crippen LogP) is 3.62. The molecule has 2 aromatic rings. The second-order valence-electron chi connectivity index (χ2n) is 6.03. The molecule has 0 amide bonds. The van der Waals surface area contributed by atoms with Gasteiger partial charge in [0, 0.05) is 12.1 Å². The largest absolute Gasteiger partial charge is 0.394 e. The highest BCUT2D eigenvalue weighted by Crippen LogP contribution is 2.35. The van der Waals surface area contributed by atoms with Gasteiger partial charge in [-0.15, -0.1) is 5.11 Å². The van der Waals surface area contributed by atoms with E-state index in [9.17, 15) is 5.11 Å². The molecule has 0 radical (unpaired) electrons. The number of nitrogens with zero attached hydrogens (tertiary/aromatic N) is 5. The van der Waals surface area contributed by atoms with Crippen molar-refractivity contribution in [3.05, 3.63) is 28.9 Å². The van der Waals surface area contributed by atoms with Crippen LogP contribution in [0.1, 0.15) is 32.4 Å². The van der Waals surface area contributed by atoms with Crippen LogP contribution in [0.25, 0.3) is 11.1 Å². The van der Waals surface area contributed by atoms with Crippen molar-refractivity contribution >= 4 is 29.1 Å². The summed E-state index contributed by atoms with van der Waals surface area (Å²) < 4.78 is 0. The lowest BCUT2D eigenvalue weighted by Crippen LogP contribution is -2.21. The van der Waals surface area contributed by atoms with E-state index in [-0.39, 0.29) is 12.6 Å². The molecule has 0 fully saturated rings. The fraction of sp³-hybridized carbons (Fsp3) is 0.444. The molecule has 0 bridgehead atoms. The maximum absolute atomic E-state index is 9.18. The first-order valence-electron chi connectivity index (χ1n) is 8.99. The number of anilines is 2. The second-order valence-corrected chi connectivity index (χ2v) is 6.44. The number of aromatic nitrogens is 2. The van der Waals surface area contributed by atoms with E-state index in [1.807, 2.05) is 13.0 Å². The van der Waals surface area contributed by atoms with Crippen LogP contribution in [0, 0.1) is 0 Å². The van der Waals surface area contributed by atoms with Gasteiger partial charge < -0.3 is 16.6 Å². The lowest BCUT2D eigenvalue weighted by atomic mass is 10.0. The first-order valence-corrected chi connectivity index (χ1v) is 9.37. The van der Waals surface area contributed by atoms with Crippen LogP contribution in [0.4, 0.5) is 17.5 Å². The minimum atomic E-state index is 0.00960. The summed E-state index contributed by atoms with van der Waals surface area (Å²) in [6.45, 7) is 5.21. The quantitative estimate of drug-likeness (QED) is 0.442. The minimum absolute atomic E-state index is 0.00960. The van der Waals surface area contributed by atoms with Crippen LogP contribution in [-0.2, 0) is 6.42 Å². The molecule has 8 nitrogen and oxygen atoms in total. The molecule has 27 heavy (non-hydrogen) atoms. The molecule has 0 aliphatic heterocycles. The fourth-order valence-corrected chi connectivity index (χ4v) is 2.79. The van der Waals surface area contributed by atoms with Crippen molar-refractivity contribution in [2.45, 2.75) is 33.1 Å². The molecular weight excluding hydrogens is 366 g/mol. The van der Waals surface area contributed by atoms with Crippen LogP contribution < -0.4 is 11.5 Å². The number of hydrogen-bond donors (Lipinski definition) is 3. The highest BCUT2D eigenvalue weighted by atomic mass is 35.5. The number of aliphatic hydroxyl groups is 1. The van der Waals surface area contributed by atoms with Gasteiger partial charge in [0.25, 0.3) is 0 Å². The zero-order valence-corrected chi connectivity index (χ0v) is 16.4. The lowest BCUT2D eigenvalue weighted by Gasteiger charge is -2.16. The molecule has 9 heteroatoms. The Morgan fingerprint density at radius 3 is 2.63 bits per heavy atom. The molecule has 1 aromatic heterocycles. The molecule has 0 saturated carbocycles. The molecule has 0 saturated heterocycles. The Hall–Kier alpha value is -2.45. The third-order valence-electron chi connectivity index (χ3n) is 4.01. The van der Waals surface area contributed by atoms with Gasteiger partial charge in [-0.1, -0.05) is 43.2 Å². The Morgan fingerprint density at radius 2 is 1.96 bits per heavy atom. The Morgan fingerprint density at radius 1 is 1.19 bits per heavy atom. The smallest absolute Gasteiger partial charge is 0.222 e. The van der Waals surface area contributed by atoms with Crippen molar-refractivity contribution in [2.24, 2.45) is 10.3 Å². The SMILES string of the molecule is CCCCN(CCO)/N=N/c1cc(-c2c(N)nc(N)nc2CC)ccc1Cl. The van der Waals surface area contributed by atoms with Gasteiger partial charge in [0.2, 0.25) is 5.95 Å². The number of nitrogens with two attached hydrogens (primary N) is 2. The standard InChI is InChI=1S/C18H26ClN7O/c1-3-5-8-26(9-10-27)25-24-15-11-12(6-7-13(15)19)16-14(4-2)22-18(21)23-17(16)20/h6-7,11,27H,3-5,8-10H2,1-2H3,(H4,20,21,22,23)/b25-24+. The molecule has 1 heterocycles. The monoisotopic (exact) mass is 391 g/mol. The molecule has 5 N–H and O–H groups in total. The summed E-state index contributed by atoms with van der Waals surface area (Å²) in [6, 6.07) is 5.38. The van der Waals surface area contributed by atoms with Gasteiger partial charge >= 0.3 is 0 Å². The number of benzene rings is 1. The van der Waals surface area contributed by atoms with Crippen molar-refractivity contribution in [1.29, 1.82) is 0 Å². The third kappa shape index (κ3) is 5.51.